The summed E-state index contributed by atoms with van der Waals surface area (Å²) in [7, 11) is 0. The minimum Gasteiger partial charge on any atom is -0.491 e. The van der Waals surface area contributed by atoms with Crippen LogP contribution in [0.5, 0.6) is 5.75 Å². The Bertz CT molecular complexity index is 406. The van der Waals surface area contributed by atoms with Gasteiger partial charge in [-0.2, -0.15) is 0 Å². The van der Waals surface area contributed by atoms with Crippen molar-refractivity contribution in [1.29, 1.82) is 0 Å². The molecule has 0 saturated carbocycles. The normalized spacial score (nSPS) is 17.6. The van der Waals surface area contributed by atoms with Crippen LogP contribution in [0.4, 0.5) is 0 Å². The predicted molar refractivity (Wildman–Crippen MR) is 77.9 cm³/mol. The van der Waals surface area contributed by atoms with Crippen LogP contribution < -0.4 is 15.4 Å². The Morgan fingerprint density at radius 3 is 2.95 bits per heavy atom. The van der Waals surface area contributed by atoms with E-state index in [4.69, 9.17) is 4.74 Å². The van der Waals surface area contributed by atoms with E-state index in [9.17, 15) is 4.79 Å². The molecule has 2 N–H and O–H groups in total. The highest BCUT2D eigenvalue weighted by Crippen LogP contribution is 2.15. The molecule has 1 unspecified atom stereocenters. The fourth-order valence-electron chi connectivity index (χ4n) is 2.08. The van der Waals surface area contributed by atoms with E-state index in [1.165, 1.54) is 0 Å². The maximum Gasteiger partial charge on any atom is 0.224 e. The molecule has 1 heterocycles. The number of carbonyl (C=O) groups is 1. The Morgan fingerprint density at radius 1 is 1.47 bits per heavy atom. The summed E-state index contributed by atoms with van der Waals surface area (Å²) in [6.07, 6.45) is 0.935. The van der Waals surface area contributed by atoms with Crippen LogP contribution in [-0.4, -0.2) is 32.1 Å². The number of ether oxygens (including phenoxy) is 1. The van der Waals surface area contributed by atoms with Gasteiger partial charge in [0.25, 0.3) is 0 Å². The van der Waals surface area contributed by atoms with Gasteiger partial charge in [-0.3, -0.25) is 4.79 Å². The molecule has 0 bridgehead atoms. The Hall–Kier alpha value is -1.26. The van der Waals surface area contributed by atoms with Gasteiger partial charge < -0.3 is 15.4 Å². The molecule has 0 aliphatic carbocycles. The first-order valence-electron chi connectivity index (χ1n) is 6.44. The van der Waals surface area contributed by atoms with E-state index < -0.39 is 0 Å². The molecule has 19 heavy (non-hydrogen) atoms. The molecule has 0 radical (unpaired) electrons. The lowest BCUT2D eigenvalue weighted by molar-refractivity contribution is -0.124. The van der Waals surface area contributed by atoms with Crippen LogP contribution in [-0.2, 0) is 4.79 Å². The predicted octanol–water partition coefficient (Wildman–Crippen LogP) is 1.52. The molecule has 2 rings (SSSR count). The van der Waals surface area contributed by atoms with Crippen molar-refractivity contribution in [2.75, 3.05) is 26.2 Å². The summed E-state index contributed by atoms with van der Waals surface area (Å²) in [4.78, 5) is 11.7. The lowest BCUT2D eigenvalue weighted by atomic mass is 10.1. The van der Waals surface area contributed by atoms with Crippen LogP contribution in [0.25, 0.3) is 0 Å². The van der Waals surface area contributed by atoms with E-state index in [2.05, 4.69) is 10.6 Å². The monoisotopic (exact) mass is 284 g/mol. The van der Waals surface area contributed by atoms with E-state index in [1.54, 1.807) is 0 Å². The van der Waals surface area contributed by atoms with Crippen molar-refractivity contribution in [3.63, 3.8) is 0 Å². The number of benzene rings is 1. The Kier molecular flexibility index (Phi) is 6.67. The van der Waals surface area contributed by atoms with E-state index >= 15 is 0 Å². The highest BCUT2D eigenvalue weighted by Gasteiger charge is 2.21. The molecule has 1 atom stereocenters. The van der Waals surface area contributed by atoms with Crippen LogP contribution in [0.2, 0.25) is 0 Å². The van der Waals surface area contributed by atoms with Crippen LogP contribution in [0, 0.1) is 12.8 Å². The van der Waals surface area contributed by atoms with Gasteiger partial charge in [-0.15, -0.1) is 12.4 Å². The van der Waals surface area contributed by atoms with Crippen molar-refractivity contribution in [3.05, 3.63) is 29.8 Å². The molecule has 1 amide bonds. The number of rotatable bonds is 5. The summed E-state index contributed by atoms with van der Waals surface area (Å²) in [5, 5.41) is 6.10. The number of hydrogen-bond acceptors (Lipinski definition) is 3. The summed E-state index contributed by atoms with van der Waals surface area (Å²) < 4.78 is 5.62. The second-order valence-electron chi connectivity index (χ2n) is 4.59. The van der Waals surface area contributed by atoms with Crippen molar-refractivity contribution >= 4 is 18.3 Å². The largest absolute Gasteiger partial charge is 0.491 e. The number of hydrogen-bond donors (Lipinski definition) is 2. The molecule has 4 nitrogen and oxygen atoms in total. The van der Waals surface area contributed by atoms with Crippen LogP contribution in [0.3, 0.4) is 0 Å². The molecular formula is C14H21ClN2O2. The number of amides is 1. The van der Waals surface area contributed by atoms with E-state index in [1.807, 2.05) is 31.2 Å². The summed E-state index contributed by atoms with van der Waals surface area (Å²) in [6.45, 7) is 4.82. The van der Waals surface area contributed by atoms with Gasteiger partial charge in [0, 0.05) is 6.54 Å². The first kappa shape index (κ1) is 15.8. The summed E-state index contributed by atoms with van der Waals surface area (Å²) in [6, 6.07) is 7.89. The maximum atomic E-state index is 11.7. The average Bonchev–Trinajstić information content (AvgIpc) is 2.90. The minimum absolute atomic E-state index is 0. The molecule has 0 spiro atoms. The molecule has 5 heteroatoms. The smallest absolute Gasteiger partial charge is 0.224 e. The third-order valence-electron chi connectivity index (χ3n) is 3.18. The minimum atomic E-state index is 0. The third-order valence-corrected chi connectivity index (χ3v) is 3.18. The van der Waals surface area contributed by atoms with Crippen molar-refractivity contribution in [2.24, 2.45) is 5.92 Å². The van der Waals surface area contributed by atoms with Crippen molar-refractivity contribution in [1.82, 2.24) is 10.6 Å². The highest BCUT2D eigenvalue weighted by atomic mass is 35.5. The second kappa shape index (κ2) is 8.02. The maximum absolute atomic E-state index is 11.7. The topological polar surface area (TPSA) is 50.4 Å². The molecule has 1 saturated heterocycles. The average molecular weight is 285 g/mol. The van der Waals surface area contributed by atoms with Crippen LogP contribution in [0.1, 0.15) is 12.0 Å². The van der Waals surface area contributed by atoms with Crippen molar-refractivity contribution < 1.29 is 9.53 Å². The first-order valence-corrected chi connectivity index (χ1v) is 6.44. The van der Waals surface area contributed by atoms with Crippen molar-refractivity contribution in [3.8, 4) is 5.75 Å². The van der Waals surface area contributed by atoms with Gasteiger partial charge in [0.1, 0.15) is 12.4 Å². The van der Waals surface area contributed by atoms with Gasteiger partial charge in [-0.1, -0.05) is 18.2 Å². The van der Waals surface area contributed by atoms with E-state index in [0.717, 1.165) is 30.8 Å². The van der Waals surface area contributed by atoms with Gasteiger partial charge >= 0.3 is 0 Å². The number of halogens is 1. The lowest BCUT2D eigenvalue weighted by Gasteiger charge is -2.11. The molecule has 106 valence electrons. The number of nitrogens with one attached hydrogen (secondary N) is 2. The molecule has 0 aromatic heterocycles. The second-order valence-corrected chi connectivity index (χ2v) is 4.59. The van der Waals surface area contributed by atoms with Crippen LogP contribution in [0.15, 0.2) is 24.3 Å². The number of aryl methyl sites for hydroxylation is 1. The van der Waals surface area contributed by atoms with Gasteiger partial charge in [-0.25, -0.2) is 0 Å². The fourth-order valence-corrected chi connectivity index (χ4v) is 2.08. The zero-order chi connectivity index (χ0) is 12.8. The quantitative estimate of drug-likeness (QED) is 0.806. The first-order chi connectivity index (χ1) is 8.77. The van der Waals surface area contributed by atoms with Crippen LogP contribution >= 0.6 is 12.4 Å². The number of para-hydroxylation sites is 1. The summed E-state index contributed by atoms with van der Waals surface area (Å²) in [5.74, 6) is 1.14. The molecule has 1 aromatic carbocycles. The third kappa shape index (κ3) is 4.73. The Balaban J connectivity index is 0.00000180. The summed E-state index contributed by atoms with van der Waals surface area (Å²) in [5.41, 5.74) is 1.11. The standard InChI is InChI=1S/C14H20N2O2.ClH/c1-11-4-2-3-5-13(11)18-9-8-16-14(17)12-6-7-15-10-12;/h2-5,12,15H,6-10H2,1H3,(H,16,17);1H. The van der Waals surface area contributed by atoms with Gasteiger partial charge in [0.2, 0.25) is 5.91 Å². The highest BCUT2D eigenvalue weighted by molar-refractivity contribution is 5.85. The Morgan fingerprint density at radius 2 is 2.26 bits per heavy atom. The molecule has 1 aliphatic rings. The van der Waals surface area contributed by atoms with Crippen molar-refractivity contribution in [2.45, 2.75) is 13.3 Å². The zero-order valence-electron chi connectivity index (χ0n) is 11.1. The Labute approximate surface area is 120 Å². The fraction of sp³-hybridized carbons (Fsp3) is 0.500. The van der Waals surface area contributed by atoms with Gasteiger partial charge in [-0.05, 0) is 31.5 Å². The molecule has 1 aliphatic heterocycles. The lowest BCUT2D eigenvalue weighted by Crippen LogP contribution is -2.34. The zero-order valence-corrected chi connectivity index (χ0v) is 12.0. The SMILES string of the molecule is Cc1ccccc1OCCNC(=O)C1CCNC1.Cl. The van der Waals surface area contributed by atoms with E-state index in [-0.39, 0.29) is 24.2 Å². The molecular weight excluding hydrogens is 264 g/mol. The molecule has 1 aromatic rings. The number of carbonyl (C=O) groups excluding carboxylic acids is 1. The van der Waals surface area contributed by atoms with E-state index in [0.29, 0.717) is 13.2 Å². The molecule has 1 fully saturated rings. The van der Waals surface area contributed by atoms with Gasteiger partial charge in [0.05, 0.1) is 12.5 Å². The summed E-state index contributed by atoms with van der Waals surface area (Å²) >= 11 is 0. The van der Waals surface area contributed by atoms with Gasteiger partial charge in [0.15, 0.2) is 0 Å².